The van der Waals surface area contributed by atoms with Gasteiger partial charge < -0.3 is 15.8 Å². The highest BCUT2D eigenvalue weighted by atomic mass is 19.4. The number of benzene rings is 1. The molecule has 29 heavy (non-hydrogen) atoms. The molecule has 3 rings (SSSR count). The molecule has 2 aliphatic rings. The minimum atomic E-state index is -4.55. The number of nitrogens with two attached hydrogens (primary N) is 1. The number of alkyl halides is 3. The van der Waals surface area contributed by atoms with E-state index < -0.39 is 23.1 Å². The third-order valence-electron chi connectivity index (χ3n) is 6.44. The van der Waals surface area contributed by atoms with E-state index in [1.54, 1.807) is 0 Å². The minimum absolute atomic E-state index is 0.199. The lowest BCUT2D eigenvalue weighted by molar-refractivity contribution is -0.138. The Balaban J connectivity index is 1.53. The van der Waals surface area contributed by atoms with Crippen LogP contribution in [-0.4, -0.2) is 31.2 Å². The van der Waals surface area contributed by atoms with Gasteiger partial charge in [-0.3, -0.25) is 4.79 Å². The van der Waals surface area contributed by atoms with E-state index in [2.05, 4.69) is 5.32 Å². The normalized spacial score (nSPS) is 25.0. The van der Waals surface area contributed by atoms with Crippen molar-refractivity contribution in [1.29, 1.82) is 0 Å². The van der Waals surface area contributed by atoms with Crippen molar-refractivity contribution in [3.63, 3.8) is 0 Å². The van der Waals surface area contributed by atoms with E-state index in [4.69, 9.17) is 10.5 Å². The largest absolute Gasteiger partial charge is 0.416 e. The van der Waals surface area contributed by atoms with Gasteiger partial charge >= 0.3 is 6.18 Å². The number of hydrogen-bond donors (Lipinski definition) is 2. The predicted molar refractivity (Wildman–Crippen MR) is 101 cm³/mol. The highest BCUT2D eigenvalue weighted by Gasteiger charge is 2.39. The number of primary amides is 1. The fraction of sp³-hybridized carbons (Fsp3) is 0.667. The Bertz CT molecular complexity index is 709. The van der Waals surface area contributed by atoms with Gasteiger partial charge in [0.25, 0.3) is 0 Å². The topological polar surface area (TPSA) is 64.4 Å². The van der Waals surface area contributed by atoms with Crippen LogP contribution >= 0.6 is 0 Å². The molecule has 0 atom stereocenters. The van der Waals surface area contributed by atoms with Gasteiger partial charge in [-0.2, -0.15) is 13.2 Å². The highest BCUT2D eigenvalue weighted by Crippen LogP contribution is 2.42. The molecule has 0 bridgehead atoms. The van der Waals surface area contributed by atoms with Crippen LogP contribution in [0.3, 0.4) is 0 Å². The molecule has 162 valence electrons. The minimum Gasteiger partial charge on any atom is -0.381 e. The molecule has 1 saturated carbocycles. The molecule has 0 radical (unpaired) electrons. The molecule has 0 spiro atoms. The number of amides is 1. The zero-order valence-corrected chi connectivity index (χ0v) is 16.4. The number of halogens is 4. The number of ether oxygens (including phenoxy) is 1. The van der Waals surface area contributed by atoms with Gasteiger partial charge in [-0.25, -0.2) is 4.39 Å². The monoisotopic (exact) mass is 416 g/mol. The van der Waals surface area contributed by atoms with Crippen molar-refractivity contribution in [2.75, 3.05) is 19.8 Å². The van der Waals surface area contributed by atoms with E-state index in [1.807, 2.05) is 0 Å². The first kappa shape index (κ1) is 22.0. The van der Waals surface area contributed by atoms with Crippen LogP contribution in [0.1, 0.15) is 62.0 Å². The summed E-state index contributed by atoms with van der Waals surface area (Å²) in [5, 5.41) is 3.32. The van der Waals surface area contributed by atoms with Crippen molar-refractivity contribution in [3.05, 3.63) is 35.1 Å². The molecule has 0 unspecified atom stereocenters. The van der Waals surface area contributed by atoms with E-state index in [0.717, 1.165) is 25.3 Å². The Labute approximate surface area is 168 Å². The predicted octanol–water partition coefficient (Wildman–Crippen LogP) is 4.13. The number of rotatable bonds is 6. The zero-order valence-electron chi connectivity index (χ0n) is 16.4. The first-order valence-corrected chi connectivity index (χ1v) is 10.2. The number of carbonyl (C=O) groups excluding carboxylic acids is 1. The quantitative estimate of drug-likeness (QED) is 0.686. The van der Waals surface area contributed by atoms with Crippen molar-refractivity contribution >= 4 is 5.91 Å². The summed E-state index contributed by atoms with van der Waals surface area (Å²) in [5.41, 5.74) is 4.21. The third-order valence-corrected chi connectivity index (χ3v) is 6.44. The van der Waals surface area contributed by atoms with Crippen LogP contribution in [0.5, 0.6) is 0 Å². The van der Waals surface area contributed by atoms with Crippen molar-refractivity contribution in [3.8, 4) is 0 Å². The van der Waals surface area contributed by atoms with Crippen LogP contribution in [0.2, 0.25) is 0 Å². The SMILES string of the molecule is NC(=O)C1(NCCC2CCC(c3ccc(F)cc3C(F)(F)F)CC2)CCOCC1. The van der Waals surface area contributed by atoms with Crippen molar-refractivity contribution in [2.45, 2.75) is 62.6 Å². The lowest BCUT2D eigenvalue weighted by atomic mass is 9.76. The Morgan fingerprint density at radius 1 is 1.17 bits per heavy atom. The Morgan fingerprint density at radius 3 is 2.41 bits per heavy atom. The van der Waals surface area contributed by atoms with E-state index in [0.29, 0.717) is 57.4 Å². The van der Waals surface area contributed by atoms with Gasteiger partial charge in [-0.05, 0) is 81.0 Å². The van der Waals surface area contributed by atoms with Crippen LogP contribution in [0.4, 0.5) is 17.6 Å². The second kappa shape index (κ2) is 9.00. The molecule has 0 aromatic heterocycles. The molecular weight excluding hydrogens is 388 g/mol. The van der Waals surface area contributed by atoms with E-state index >= 15 is 0 Å². The molecule has 3 N–H and O–H groups in total. The third kappa shape index (κ3) is 5.28. The maximum atomic E-state index is 13.3. The van der Waals surface area contributed by atoms with Gasteiger partial charge in [0, 0.05) is 13.2 Å². The lowest BCUT2D eigenvalue weighted by Crippen LogP contribution is -2.58. The Hall–Kier alpha value is -1.67. The average molecular weight is 416 g/mol. The summed E-state index contributed by atoms with van der Waals surface area (Å²) in [6.45, 7) is 1.64. The molecule has 2 fully saturated rings. The van der Waals surface area contributed by atoms with Gasteiger partial charge in [-0.15, -0.1) is 0 Å². The summed E-state index contributed by atoms with van der Waals surface area (Å²) < 4.78 is 58.5. The maximum Gasteiger partial charge on any atom is 0.416 e. The van der Waals surface area contributed by atoms with Crippen molar-refractivity contribution in [2.24, 2.45) is 11.7 Å². The molecule has 1 aliphatic heterocycles. The van der Waals surface area contributed by atoms with Gasteiger partial charge in [0.15, 0.2) is 0 Å². The summed E-state index contributed by atoms with van der Waals surface area (Å²) >= 11 is 0. The first-order valence-electron chi connectivity index (χ1n) is 10.2. The molecule has 1 amide bonds. The van der Waals surface area contributed by atoms with Crippen LogP contribution in [0.25, 0.3) is 0 Å². The second-order valence-corrected chi connectivity index (χ2v) is 8.22. The zero-order chi connectivity index (χ0) is 21.1. The summed E-state index contributed by atoms with van der Waals surface area (Å²) in [7, 11) is 0. The number of carbonyl (C=O) groups is 1. The second-order valence-electron chi connectivity index (χ2n) is 8.22. The number of hydrogen-bond acceptors (Lipinski definition) is 3. The smallest absolute Gasteiger partial charge is 0.381 e. The summed E-state index contributed by atoms with van der Waals surface area (Å²) in [5.74, 6) is -1.04. The fourth-order valence-electron chi connectivity index (χ4n) is 4.64. The molecule has 1 aromatic carbocycles. The first-order chi connectivity index (χ1) is 13.7. The van der Waals surface area contributed by atoms with Gasteiger partial charge in [0.05, 0.1) is 5.56 Å². The average Bonchev–Trinajstić information content (AvgIpc) is 2.68. The van der Waals surface area contributed by atoms with Gasteiger partial charge in [-0.1, -0.05) is 6.07 Å². The summed E-state index contributed by atoms with van der Waals surface area (Å²) in [6.07, 6.45) is 0.326. The number of nitrogens with one attached hydrogen (secondary N) is 1. The van der Waals surface area contributed by atoms with Gasteiger partial charge in [0.2, 0.25) is 5.91 Å². The summed E-state index contributed by atoms with van der Waals surface area (Å²) in [6, 6.07) is 2.99. The molecule has 4 nitrogen and oxygen atoms in total. The van der Waals surface area contributed by atoms with Crippen LogP contribution in [-0.2, 0) is 15.7 Å². The molecule has 1 saturated heterocycles. The van der Waals surface area contributed by atoms with E-state index in [-0.39, 0.29) is 17.4 Å². The summed E-state index contributed by atoms with van der Waals surface area (Å²) in [4.78, 5) is 11.9. The fourth-order valence-corrected chi connectivity index (χ4v) is 4.64. The Kier molecular flexibility index (Phi) is 6.83. The van der Waals surface area contributed by atoms with Gasteiger partial charge in [0.1, 0.15) is 11.4 Å². The van der Waals surface area contributed by atoms with Crippen LogP contribution < -0.4 is 11.1 Å². The molecular formula is C21H28F4N2O2. The van der Waals surface area contributed by atoms with Crippen molar-refractivity contribution in [1.82, 2.24) is 5.32 Å². The Morgan fingerprint density at radius 2 is 1.83 bits per heavy atom. The molecule has 8 heteroatoms. The lowest BCUT2D eigenvalue weighted by Gasteiger charge is -2.36. The van der Waals surface area contributed by atoms with Crippen LogP contribution in [0, 0.1) is 11.7 Å². The van der Waals surface area contributed by atoms with E-state index in [1.165, 1.54) is 6.07 Å². The van der Waals surface area contributed by atoms with Crippen LogP contribution in [0.15, 0.2) is 18.2 Å². The van der Waals surface area contributed by atoms with Crippen molar-refractivity contribution < 1.29 is 27.1 Å². The maximum absolute atomic E-state index is 13.3. The molecule has 1 heterocycles. The highest BCUT2D eigenvalue weighted by molar-refractivity contribution is 5.84. The standard InChI is InChI=1S/C21H28F4N2O2/c22-16-5-6-17(18(13-16)21(23,24)25)15-3-1-14(2-4-15)7-10-27-20(19(26)28)8-11-29-12-9-20/h5-6,13-15,27H,1-4,7-12H2,(H2,26,28). The molecule has 1 aliphatic carbocycles. The molecule has 1 aromatic rings. The van der Waals surface area contributed by atoms with E-state index in [9.17, 15) is 22.4 Å².